The molecule has 0 fully saturated rings. The summed E-state index contributed by atoms with van der Waals surface area (Å²) in [6.45, 7) is 3.14. The number of hydrogen-bond acceptors (Lipinski definition) is 6. The Labute approximate surface area is 163 Å². The van der Waals surface area contributed by atoms with Crippen LogP contribution in [0.5, 0.6) is 17.2 Å². The van der Waals surface area contributed by atoms with Crippen molar-refractivity contribution in [1.82, 2.24) is 10.9 Å². The first-order valence-electron chi connectivity index (χ1n) is 8.79. The van der Waals surface area contributed by atoms with Crippen molar-refractivity contribution in [2.75, 3.05) is 33.5 Å². The molecule has 0 heterocycles. The highest BCUT2D eigenvalue weighted by molar-refractivity contribution is 5.95. The number of carbonyl (C=O) groups is 2. The van der Waals surface area contributed by atoms with Crippen LogP contribution in [0.25, 0.3) is 0 Å². The zero-order valence-electron chi connectivity index (χ0n) is 15.9. The van der Waals surface area contributed by atoms with Crippen molar-refractivity contribution in [2.45, 2.75) is 6.92 Å². The lowest BCUT2D eigenvalue weighted by molar-refractivity contribution is -0.123. The molecule has 2 aromatic rings. The van der Waals surface area contributed by atoms with E-state index in [1.807, 2.05) is 6.92 Å². The number of methoxy groups -OCH3 is 1. The highest BCUT2D eigenvalue weighted by Gasteiger charge is 2.09. The minimum absolute atomic E-state index is 0.243. The van der Waals surface area contributed by atoms with Crippen molar-refractivity contribution in [3.63, 3.8) is 0 Å². The summed E-state index contributed by atoms with van der Waals surface area (Å²) in [5.41, 5.74) is 4.99. The lowest BCUT2D eigenvalue weighted by Crippen LogP contribution is -2.43. The number of amides is 2. The van der Waals surface area contributed by atoms with Crippen LogP contribution < -0.4 is 25.1 Å². The first kappa shape index (κ1) is 21.0. The molecule has 2 rings (SSSR count). The molecule has 0 atom stereocenters. The van der Waals surface area contributed by atoms with E-state index in [1.54, 1.807) is 55.6 Å². The fourth-order valence-corrected chi connectivity index (χ4v) is 2.15. The summed E-state index contributed by atoms with van der Waals surface area (Å²) >= 11 is 0. The van der Waals surface area contributed by atoms with Crippen molar-refractivity contribution < 1.29 is 28.5 Å². The van der Waals surface area contributed by atoms with Gasteiger partial charge < -0.3 is 18.9 Å². The Morgan fingerprint density at radius 2 is 1.64 bits per heavy atom. The largest absolute Gasteiger partial charge is 0.497 e. The molecular formula is C20H24N2O6. The lowest BCUT2D eigenvalue weighted by atomic mass is 10.2. The van der Waals surface area contributed by atoms with Crippen molar-refractivity contribution in [3.8, 4) is 17.2 Å². The molecule has 0 saturated carbocycles. The van der Waals surface area contributed by atoms with Gasteiger partial charge in [0.05, 0.1) is 13.7 Å². The first-order chi connectivity index (χ1) is 13.6. The van der Waals surface area contributed by atoms with E-state index in [4.69, 9.17) is 18.9 Å². The van der Waals surface area contributed by atoms with Crippen LogP contribution in [-0.2, 0) is 9.53 Å². The molecule has 2 aromatic carbocycles. The Bertz CT molecular complexity index is 764. The Hall–Kier alpha value is -3.26. The third-order valence-corrected chi connectivity index (χ3v) is 3.54. The van der Waals surface area contributed by atoms with Gasteiger partial charge in [0.1, 0.15) is 23.9 Å². The molecule has 8 nitrogen and oxygen atoms in total. The maximum Gasteiger partial charge on any atom is 0.276 e. The van der Waals surface area contributed by atoms with Gasteiger partial charge in [-0.2, -0.15) is 0 Å². The number of carbonyl (C=O) groups excluding carboxylic acids is 2. The molecule has 0 bridgehead atoms. The number of nitrogens with one attached hydrogen (secondary N) is 2. The molecule has 0 aromatic heterocycles. The SMILES string of the molecule is CCOCCOc1cccc(C(=O)NNC(=O)COc2ccc(OC)cc2)c1. The highest BCUT2D eigenvalue weighted by Crippen LogP contribution is 2.16. The molecule has 150 valence electrons. The summed E-state index contributed by atoms with van der Waals surface area (Å²) in [6.07, 6.45) is 0. The van der Waals surface area contributed by atoms with Crippen LogP contribution >= 0.6 is 0 Å². The minimum Gasteiger partial charge on any atom is -0.497 e. The molecule has 0 aliphatic carbocycles. The second-order valence-corrected chi connectivity index (χ2v) is 5.54. The number of rotatable bonds is 10. The van der Waals surface area contributed by atoms with Crippen molar-refractivity contribution in [2.24, 2.45) is 0 Å². The van der Waals surface area contributed by atoms with Gasteiger partial charge in [0.25, 0.3) is 11.8 Å². The van der Waals surface area contributed by atoms with Crippen LogP contribution in [0.4, 0.5) is 0 Å². The standard InChI is InChI=1S/C20H24N2O6/c1-3-26-11-12-27-18-6-4-5-15(13-18)20(24)22-21-19(23)14-28-17-9-7-16(25-2)8-10-17/h4-10,13H,3,11-12,14H2,1-2H3,(H,21,23)(H,22,24). The molecule has 0 radical (unpaired) electrons. The molecule has 0 aliphatic heterocycles. The van der Waals surface area contributed by atoms with Gasteiger partial charge in [-0.15, -0.1) is 0 Å². The van der Waals surface area contributed by atoms with Crippen LogP contribution in [0.1, 0.15) is 17.3 Å². The topological polar surface area (TPSA) is 95.1 Å². The Morgan fingerprint density at radius 1 is 0.893 bits per heavy atom. The average Bonchev–Trinajstić information content (AvgIpc) is 2.74. The molecule has 28 heavy (non-hydrogen) atoms. The average molecular weight is 388 g/mol. The van der Waals surface area contributed by atoms with Crippen LogP contribution in [0.2, 0.25) is 0 Å². The number of hydrogen-bond donors (Lipinski definition) is 2. The summed E-state index contributed by atoms with van der Waals surface area (Å²) in [5.74, 6) is 0.787. The molecule has 0 spiro atoms. The van der Waals surface area contributed by atoms with E-state index in [2.05, 4.69) is 10.9 Å². The van der Waals surface area contributed by atoms with E-state index in [0.29, 0.717) is 42.6 Å². The Kier molecular flexibility index (Phi) is 8.61. The fourth-order valence-electron chi connectivity index (χ4n) is 2.15. The summed E-state index contributed by atoms with van der Waals surface area (Å²) < 4.78 is 21.1. The van der Waals surface area contributed by atoms with Gasteiger partial charge in [0, 0.05) is 12.2 Å². The van der Waals surface area contributed by atoms with Gasteiger partial charge in [0.2, 0.25) is 0 Å². The molecule has 0 saturated heterocycles. The zero-order valence-corrected chi connectivity index (χ0v) is 15.9. The Balaban J connectivity index is 1.75. The summed E-state index contributed by atoms with van der Waals surface area (Å²) in [7, 11) is 1.56. The van der Waals surface area contributed by atoms with E-state index >= 15 is 0 Å². The maximum atomic E-state index is 12.2. The first-order valence-corrected chi connectivity index (χ1v) is 8.79. The van der Waals surface area contributed by atoms with Crippen LogP contribution in [0.15, 0.2) is 48.5 Å². The molecule has 0 unspecified atom stereocenters. The predicted octanol–water partition coefficient (Wildman–Crippen LogP) is 1.95. The van der Waals surface area contributed by atoms with E-state index in [9.17, 15) is 9.59 Å². The van der Waals surface area contributed by atoms with Gasteiger partial charge >= 0.3 is 0 Å². The summed E-state index contributed by atoms with van der Waals surface area (Å²) in [4.78, 5) is 24.0. The zero-order chi connectivity index (χ0) is 20.2. The van der Waals surface area contributed by atoms with Gasteiger partial charge in [-0.1, -0.05) is 6.07 Å². The van der Waals surface area contributed by atoms with Crippen molar-refractivity contribution >= 4 is 11.8 Å². The molecule has 2 N–H and O–H groups in total. The van der Waals surface area contributed by atoms with Gasteiger partial charge in [0.15, 0.2) is 6.61 Å². The number of hydrazine groups is 1. The third kappa shape index (κ3) is 7.16. The predicted molar refractivity (Wildman–Crippen MR) is 103 cm³/mol. The summed E-state index contributed by atoms with van der Waals surface area (Å²) in [5, 5.41) is 0. The lowest BCUT2D eigenvalue weighted by Gasteiger charge is -2.10. The smallest absolute Gasteiger partial charge is 0.276 e. The second kappa shape index (κ2) is 11.5. The molecular weight excluding hydrogens is 364 g/mol. The van der Waals surface area contributed by atoms with Crippen LogP contribution in [0, 0.1) is 0 Å². The van der Waals surface area contributed by atoms with Crippen LogP contribution in [-0.4, -0.2) is 45.4 Å². The number of ether oxygens (including phenoxy) is 4. The minimum atomic E-state index is -0.492. The van der Waals surface area contributed by atoms with Crippen molar-refractivity contribution in [1.29, 1.82) is 0 Å². The number of benzene rings is 2. The van der Waals surface area contributed by atoms with E-state index in [1.165, 1.54) is 0 Å². The molecule has 0 aliphatic rings. The quantitative estimate of drug-likeness (QED) is 0.477. The van der Waals surface area contributed by atoms with Gasteiger partial charge in [-0.05, 0) is 49.4 Å². The van der Waals surface area contributed by atoms with Gasteiger partial charge in [-0.3, -0.25) is 20.4 Å². The second-order valence-electron chi connectivity index (χ2n) is 5.54. The van der Waals surface area contributed by atoms with E-state index < -0.39 is 11.8 Å². The van der Waals surface area contributed by atoms with Crippen molar-refractivity contribution in [3.05, 3.63) is 54.1 Å². The monoisotopic (exact) mass is 388 g/mol. The van der Waals surface area contributed by atoms with E-state index in [0.717, 1.165) is 0 Å². The normalized spacial score (nSPS) is 10.1. The summed E-state index contributed by atoms with van der Waals surface area (Å²) in [6, 6.07) is 13.4. The Morgan fingerprint density at radius 3 is 2.36 bits per heavy atom. The molecule has 8 heteroatoms. The highest BCUT2D eigenvalue weighted by atomic mass is 16.5. The molecule has 2 amide bonds. The van der Waals surface area contributed by atoms with Gasteiger partial charge in [-0.25, -0.2) is 0 Å². The maximum absolute atomic E-state index is 12.2. The third-order valence-electron chi connectivity index (χ3n) is 3.54. The van der Waals surface area contributed by atoms with Crippen LogP contribution in [0.3, 0.4) is 0 Å². The van der Waals surface area contributed by atoms with E-state index in [-0.39, 0.29) is 6.61 Å². The fraction of sp³-hybridized carbons (Fsp3) is 0.300.